The number of aromatic nitrogens is 1. The average molecular weight is 295 g/mol. The lowest BCUT2D eigenvalue weighted by Crippen LogP contribution is -2.32. The predicted octanol–water partition coefficient (Wildman–Crippen LogP) is 3.82. The van der Waals surface area contributed by atoms with Crippen LogP contribution in [0.2, 0.25) is 0 Å². The van der Waals surface area contributed by atoms with Crippen molar-refractivity contribution < 1.29 is 4.52 Å². The Morgan fingerprint density at radius 1 is 1.29 bits per heavy atom. The first-order valence-corrected chi connectivity index (χ1v) is 8.46. The molecule has 122 valence electrons. The fraction of sp³-hybridized carbons (Fsp3) is 0.824. The average Bonchev–Trinajstić information content (AvgIpc) is 2.89. The molecule has 1 aromatic rings. The lowest BCUT2D eigenvalue weighted by Gasteiger charge is -2.27. The summed E-state index contributed by atoms with van der Waals surface area (Å²) in [5, 5.41) is 7.57. The molecule has 0 saturated carbocycles. The quantitative estimate of drug-likeness (QED) is 0.674. The van der Waals surface area contributed by atoms with E-state index < -0.39 is 0 Å². The minimum atomic E-state index is 0.587. The lowest BCUT2D eigenvalue weighted by molar-refractivity contribution is 0.171. The summed E-state index contributed by atoms with van der Waals surface area (Å²) in [4.78, 5) is 2.50. The van der Waals surface area contributed by atoms with Gasteiger partial charge in [0.1, 0.15) is 0 Å². The van der Waals surface area contributed by atoms with Crippen molar-refractivity contribution in [2.45, 2.75) is 73.0 Å². The van der Waals surface area contributed by atoms with Crippen LogP contribution in [0, 0.1) is 5.92 Å². The van der Waals surface area contributed by atoms with E-state index in [-0.39, 0.29) is 0 Å². The van der Waals surface area contributed by atoms with Crippen LogP contribution in [0.3, 0.4) is 0 Å². The molecule has 0 spiro atoms. The van der Waals surface area contributed by atoms with Gasteiger partial charge in [0.2, 0.25) is 0 Å². The van der Waals surface area contributed by atoms with Crippen molar-refractivity contribution in [1.82, 2.24) is 15.4 Å². The van der Waals surface area contributed by atoms with Crippen LogP contribution in [-0.2, 0) is 13.1 Å². The molecule has 1 unspecified atom stereocenters. The Hall–Kier alpha value is -0.870. The van der Waals surface area contributed by atoms with E-state index in [0.717, 1.165) is 37.6 Å². The number of unbranched alkanes of at least 4 members (excludes halogenated alkanes) is 1. The molecule has 0 aromatic carbocycles. The van der Waals surface area contributed by atoms with Crippen molar-refractivity contribution in [3.63, 3.8) is 0 Å². The van der Waals surface area contributed by atoms with Crippen molar-refractivity contribution in [3.8, 4) is 0 Å². The SMILES string of the molecule is CCCCN(Cc1cc(CNCC(C)C)no1)C(C)CC. The molecule has 0 aliphatic carbocycles. The number of hydrogen-bond acceptors (Lipinski definition) is 4. The van der Waals surface area contributed by atoms with Crippen LogP contribution in [0.5, 0.6) is 0 Å². The third-order valence-electron chi connectivity index (χ3n) is 3.84. The molecular weight excluding hydrogens is 262 g/mol. The van der Waals surface area contributed by atoms with Gasteiger partial charge in [-0.05, 0) is 38.8 Å². The molecule has 1 aromatic heterocycles. The Labute approximate surface area is 130 Å². The zero-order valence-electron chi connectivity index (χ0n) is 14.5. The van der Waals surface area contributed by atoms with Gasteiger partial charge >= 0.3 is 0 Å². The van der Waals surface area contributed by atoms with Crippen LogP contribution in [0.4, 0.5) is 0 Å². The van der Waals surface area contributed by atoms with E-state index >= 15 is 0 Å². The van der Waals surface area contributed by atoms with Crippen molar-refractivity contribution >= 4 is 0 Å². The second-order valence-electron chi connectivity index (χ2n) is 6.39. The second kappa shape index (κ2) is 9.96. The van der Waals surface area contributed by atoms with Gasteiger partial charge in [0.15, 0.2) is 5.76 Å². The lowest BCUT2D eigenvalue weighted by atomic mass is 10.2. The Kier molecular flexibility index (Phi) is 8.62. The highest BCUT2D eigenvalue weighted by atomic mass is 16.5. The normalized spacial score (nSPS) is 13.3. The highest BCUT2D eigenvalue weighted by molar-refractivity contribution is 5.05. The highest BCUT2D eigenvalue weighted by Gasteiger charge is 2.15. The van der Waals surface area contributed by atoms with Crippen molar-refractivity contribution in [2.24, 2.45) is 5.92 Å². The molecular formula is C17H33N3O. The maximum Gasteiger partial charge on any atom is 0.151 e. The highest BCUT2D eigenvalue weighted by Crippen LogP contribution is 2.13. The molecule has 1 heterocycles. The van der Waals surface area contributed by atoms with Crippen molar-refractivity contribution in [2.75, 3.05) is 13.1 Å². The molecule has 1 N–H and O–H groups in total. The number of rotatable bonds is 11. The zero-order valence-corrected chi connectivity index (χ0v) is 14.5. The predicted molar refractivity (Wildman–Crippen MR) is 88.1 cm³/mol. The number of hydrogen-bond donors (Lipinski definition) is 1. The van der Waals surface area contributed by atoms with Crippen LogP contribution in [0.1, 0.15) is 65.3 Å². The van der Waals surface area contributed by atoms with Gasteiger partial charge in [0.25, 0.3) is 0 Å². The van der Waals surface area contributed by atoms with E-state index in [1.165, 1.54) is 19.3 Å². The molecule has 0 aliphatic rings. The Balaban J connectivity index is 2.49. The minimum Gasteiger partial charge on any atom is -0.360 e. The molecule has 0 amide bonds. The summed E-state index contributed by atoms with van der Waals surface area (Å²) in [6.07, 6.45) is 3.63. The van der Waals surface area contributed by atoms with E-state index in [0.29, 0.717) is 12.0 Å². The molecule has 0 fully saturated rings. The van der Waals surface area contributed by atoms with Gasteiger partial charge in [-0.25, -0.2) is 0 Å². The third kappa shape index (κ3) is 7.09. The Morgan fingerprint density at radius 2 is 2.05 bits per heavy atom. The van der Waals surface area contributed by atoms with Crippen LogP contribution in [0.15, 0.2) is 10.6 Å². The number of nitrogens with zero attached hydrogens (tertiary/aromatic N) is 2. The maximum absolute atomic E-state index is 5.50. The van der Waals surface area contributed by atoms with Gasteiger partial charge in [-0.1, -0.05) is 39.3 Å². The third-order valence-corrected chi connectivity index (χ3v) is 3.84. The van der Waals surface area contributed by atoms with Gasteiger partial charge in [0.05, 0.1) is 12.2 Å². The standard InChI is InChI=1S/C17H33N3O/c1-6-8-9-20(15(5)7-2)13-17-10-16(19-21-17)12-18-11-14(3)4/h10,14-15,18H,6-9,11-13H2,1-5H3. The summed E-state index contributed by atoms with van der Waals surface area (Å²) in [5.41, 5.74) is 1.00. The van der Waals surface area contributed by atoms with Gasteiger partial charge in [-0.15, -0.1) is 0 Å². The fourth-order valence-electron chi connectivity index (χ4n) is 2.28. The summed E-state index contributed by atoms with van der Waals surface area (Å²) < 4.78 is 5.50. The molecule has 0 bridgehead atoms. The van der Waals surface area contributed by atoms with Gasteiger partial charge in [0, 0.05) is 18.7 Å². The van der Waals surface area contributed by atoms with E-state index in [2.05, 4.69) is 56.1 Å². The first-order chi connectivity index (χ1) is 10.1. The summed E-state index contributed by atoms with van der Waals surface area (Å²) in [5.74, 6) is 1.64. The van der Waals surface area contributed by atoms with Gasteiger partial charge in [-0.2, -0.15) is 0 Å². The summed E-state index contributed by atoms with van der Waals surface area (Å²) in [6, 6.07) is 2.68. The fourth-order valence-corrected chi connectivity index (χ4v) is 2.28. The molecule has 21 heavy (non-hydrogen) atoms. The van der Waals surface area contributed by atoms with Crippen LogP contribution in [-0.4, -0.2) is 29.2 Å². The molecule has 0 saturated heterocycles. The first kappa shape index (κ1) is 18.2. The number of nitrogens with one attached hydrogen (secondary N) is 1. The summed E-state index contributed by atoms with van der Waals surface area (Å²) >= 11 is 0. The van der Waals surface area contributed by atoms with Crippen LogP contribution >= 0.6 is 0 Å². The molecule has 4 nitrogen and oxygen atoms in total. The monoisotopic (exact) mass is 295 g/mol. The zero-order chi connectivity index (χ0) is 15.7. The van der Waals surface area contributed by atoms with E-state index in [9.17, 15) is 0 Å². The largest absolute Gasteiger partial charge is 0.360 e. The summed E-state index contributed by atoms with van der Waals surface area (Å²) in [7, 11) is 0. The van der Waals surface area contributed by atoms with E-state index in [1.54, 1.807) is 0 Å². The molecule has 1 rings (SSSR count). The van der Waals surface area contributed by atoms with Gasteiger partial charge in [-0.3, -0.25) is 4.90 Å². The second-order valence-corrected chi connectivity index (χ2v) is 6.39. The smallest absolute Gasteiger partial charge is 0.151 e. The summed E-state index contributed by atoms with van der Waals surface area (Å²) in [6.45, 7) is 15.0. The van der Waals surface area contributed by atoms with E-state index in [4.69, 9.17) is 4.52 Å². The first-order valence-electron chi connectivity index (χ1n) is 8.46. The van der Waals surface area contributed by atoms with Crippen molar-refractivity contribution in [1.29, 1.82) is 0 Å². The molecule has 1 atom stereocenters. The topological polar surface area (TPSA) is 41.3 Å². The van der Waals surface area contributed by atoms with Crippen LogP contribution in [0.25, 0.3) is 0 Å². The van der Waals surface area contributed by atoms with Crippen molar-refractivity contribution in [3.05, 3.63) is 17.5 Å². The van der Waals surface area contributed by atoms with Crippen LogP contribution < -0.4 is 5.32 Å². The molecule has 4 heteroatoms. The van der Waals surface area contributed by atoms with E-state index in [1.807, 2.05) is 0 Å². The minimum absolute atomic E-state index is 0.587. The molecule has 0 radical (unpaired) electrons. The van der Waals surface area contributed by atoms with Gasteiger partial charge < -0.3 is 9.84 Å². The molecule has 0 aliphatic heterocycles. The maximum atomic E-state index is 5.50. The Morgan fingerprint density at radius 3 is 2.67 bits per heavy atom. The Bertz CT molecular complexity index is 376.